The van der Waals surface area contributed by atoms with Crippen LogP contribution >= 0.6 is 0 Å². The molecule has 0 fully saturated rings. The van der Waals surface area contributed by atoms with Crippen molar-refractivity contribution < 1.29 is 9.47 Å². The smallest absolute Gasteiger partial charge is 0.140 e. The number of fused-ring (bicyclic) bond motifs is 1. The molecule has 0 amide bonds. The molecule has 4 heteroatoms. The van der Waals surface area contributed by atoms with Crippen molar-refractivity contribution in [3.8, 4) is 22.6 Å². The van der Waals surface area contributed by atoms with Crippen LogP contribution in [0.1, 0.15) is 0 Å². The highest BCUT2D eigenvalue weighted by Crippen LogP contribution is 2.43. The van der Waals surface area contributed by atoms with Crippen LogP contribution in [-0.4, -0.2) is 24.4 Å². The fourth-order valence-electron chi connectivity index (χ4n) is 1.30. The van der Waals surface area contributed by atoms with Crippen LogP contribution in [0.4, 0.5) is 0 Å². The molecule has 3 rings (SSSR count). The summed E-state index contributed by atoms with van der Waals surface area (Å²) in [5, 5.41) is 7.14. The maximum Gasteiger partial charge on any atom is 0.140 e. The van der Waals surface area contributed by atoms with E-state index in [0.717, 1.165) is 11.5 Å². The summed E-state index contributed by atoms with van der Waals surface area (Å²) in [5.74, 6) is 1.75. The van der Waals surface area contributed by atoms with Gasteiger partial charge >= 0.3 is 0 Å². The predicted octanol–water partition coefficient (Wildman–Crippen LogP) is 2.16. The van der Waals surface area contributed by atoms with Crippen LogP contribution in [0.3, 0.4) is 0 Å². The van der Waals surface area contributed by atoms with Gasteiger partial charge in [0, 0.05) is 11.6 Å². The maximum atomic E-state index is 5.01. The average molecular weight is 216 g/mol. The molecule has 4 nitrogen and oxygen atoms in total. The van der Waals surface area contributed by atoms with E-state index in [-0.39, 0.29) is 0 Å². The molecule has 0 aromatic carbocycles. The number of hydrogen-bond acceptors (Lipinski definition) is 4. The van der Waals surface area contributed by atoms with Gasteiger partial charge in [0.15, 0.2) is 0 Å². The number of hydrogen-bond donors (Lipinski definition) is 0. The molecule has 0 saturated heterocycles. The summed E-state index contributed by atoms with van der Waals surface area (Å²) >= 11 is 0. The minimum atomic E-state index is 0.736. The zero-order valence-electron chi connectivity index (χ0n) is 9.18. The Morgan fingerprint density at radius 3 is 2.19 bits per heavy atom. The van der Waals surface area contributed by atoms with Crippen LogP contribution in [0, 0.1) is 0 Å². The zero-order chi connectivity index (χ0) is 11.4. The highest BCUT2D eigenvalue weighted by atomic mass is 16.5. The number of ether oxygens (including phenoxy) is 2. The van der Waals surface area contributed by atoms with E-state index in [0.29, 0.717) is 0 Å². The van der Waals surface area contributed by atoms with Crippen molar-refractivity contribution in [1.29, 1.82) is 0 Å². The van der Waals surface area contributed by atoms with E-state index in [1.165, 1.54) is 11.1 Å². The summed E-state index contributed by atoms with van der Waals surface area (Å²) in [6, 6.07) is 7.91. The van der Waals surface area contributed by atoms with Crippen molar-refractivity contribution >= 4 is 0 Å². The molecule has 16 heavy (non-hydrogen) atoms. The Hall–Kier alpha value is -2.10. The van der Waals surface area contributed by atoms with E-state index in [2.05, 4.69) is 22.3 Å². The van der Waals surface area contributed by atoms with Gasteiger partial charge in [0.05, 0.1) is 26.6 Å². The summed E-state index contributed by atoms with van der Waals surface area (Å²) in [6.45, 7) is 0. The molecule has 82 valence electrons. The van der Waals surface area contributed by atoms with Crippen LogP contribution in [0.2, 0.25) is 0 Å². The number of nitrogens with zero attached hydrogens (tertiary/aromatic N) is 2. The van der Waals surface area contributed by atoms with Crippen LogP contribution in [0.25, 0.3) is 11.1 Å². The van der Waals surface area contributed by atoms with E-state index in [1.807, 2.05) is 6.07 Å². The Bertz CT molecular complexity index is 472. The molecule has 0 atom stereocenters. The second-order valence-electron chi connectivity index (χ2n) is 3.20. The summed E-state index contributed by atoms with van der Waals surface area (Å²) in [4.78, 5) is 0. The normalized spacial score (nSPS) is 9.88. The second kappa shape index (κ2) is 4.61. The molecule has 0 N–H and O–H groups in total. The Labute approximate surface area is 93.9 Å². The summed E-state index contributed by atoms with van der Waals surface area (Å²) < 4.78 is 9.82. The molecule has 2 aliphatic rings. The largest absolute Gasteiger partial charge is 0.496 e. The molecule has 0 unspecified atom stereocenters. The molecule has 2 aliphatic carbocycles. The fraction of sp³-hybridized carbons (Fsp3) is 0.167. The molecule has 0 bridgehead atoms. The van der Waals surface area contributed by atoms with Crippen LogP contribution < -0.4 is 9.47 Å². The molecule has 1 aromatic rings. The summed E-state index contributed by atoms with van der Waals surface area (Å²) in [6.07, 6.45) is 3.14. The third-order valence-electron chi connectivity index (χ3n) is 2.22. The fourth-order valence-corrected chi connectivity index (χ4v) is 1.30. The molecule has 1 heterocycles. The van der Waals surface area contributed by atoms with Gasteiger partial charge in [-0.05, 0) is 17.7 Å². The number of benzene rings is 1. The Balaban J connectivity index is 0.000000120. The van der Waals surface area contributed by atoms with Crippen molar-refractivity contribution in [1.82, 2.24) is 10.2 Å². The predicted molar refractivity (Wildman–Crippen MR) is 60.6 cm³/mol. The third kappa shape index (κ3) is 2.28. The first-order chi connectivity index (χ1) is 7.85. The van der Waals surface area contributed by atoms with Gasteiger partial charge in [0.1, 0.15) is 11.5 Å². The van der Waals surface area contributed by atoms with Crippen molar-refractivity contribution in [2.45, 2.75) is 0 Å². The Morgan fingerprint density at radius 2 is 1.88 bits per heavy atom. The van der Waals surface area contributed by atoms with Gasteiger partial charge in [0.2, 0.25) is 0 Å². The van der Waals surface area contributed by atoms with E-state index in [4.69, 9.17) is 9.47 Å². The first-order valence-corrected chi connectivity index (χ1v) is 4.84. The number of rotatable bonds is 2. The summed E-state index contributed by atoms with van der Waals surface area (Å²) in [7, 11) is 3.29. The lowest BCUT2D eigenvalue weighted by molar-refractivity contribution is 0.411. The molecule has 0 saturated carbocycles. The molecular formula is C12H12N2O2. The average Bonchev–Trinajstić information content (AvgIpc) is 3.03. The maximum absolute atomic E-state index is 5.01. The van der Waals surface area contributed by atoms with Crippen LogP contribution in [0.15, 0.2) is 36.7 Å². The SMILES string of the molecule is COc1ccc2cc1-2.COc1ccnnc1. The Kier molecular flexibility index (Phi) is 3.00. The number of aromatic nitrogens is 2. The lowest BCUT2D eigenvalue weighted by atomic mass is 10.5. The monoisotopic (exact) mass is 216 g/mol. The van der Waals surface area contributed by atoms with Gasteiger partial charge in [-0.25, -0.2) is 0 Å². The standard InChI is InChI=1S/C7H6O.C5H6N2O/c1-8-7-3-2-5-4-6(5)7;1-8-5-2-3-6-7-4-5/h2*2-4H,1H3. The van der Waals surface area contributed by atoms with E-state index in [1.54, 1.807) is 32.7 Å². The van der Waals surface area contributed by atoms with Gasteiger partial charge in [0.25, 0.3) is 0 Å². The van der Waals surface area contributed by atoms with Gasteiger partial charge < -0.3 is 9.47 Å². The van der Waals surface area contributed by atoms with Crippen LogP contribution in [0.5, 0.6) is 11.5 Å². The van der Waals surface area contributed by atoms with Crippen molar-refractivity contribution in [2.75, 3.05) is 14.2 Å². The topological polar surface area (TPSA) is 44.2 Å². The van der Waals surface area contributed by atoms with Gasteiger partial charge in [-0.15, -0.1) is 0 Å². The zero-order valence-corrected chi connectivity index (χ0v) is 9.18. The molecule has 1 aromatic heterocycles. The van der Waals surface area contributed by atoms with Gasteiger partial charge in [-0.1, -0.05) is 6.07 Å². The van der Waals surface area contributed by atoms with Gasteiger partial charge in [-0.3, -0.25) is 0 Å². The van der Waals surface area contributed by atoms with Gasteiger partial charge in [-0.2, -0.15) is 10.2 Å². The minimum absolute atomic E-state index is 0.736. The van der Waals surface area contributed by atoms with Crippen molar-refractivity contribution in [2.24, 2.45) is 0 Å². The number of methoxy groups -OCH3 is 2. The van der Waals surface area contributed by atoms with Crippen LogP contribution in [-0.2, 0) is 0 Å². The first-order valence-electron chi connectivity index (χ1n) is 4.84. The molecule has 0 radical (unpaired) electrons. The Morgan fingerprint density at radius 1 is 1.00 bits per heavy atom. The molecule has 0 spiro atoms. The molecule has 0 aliphatic heterocycles. The van der Waals surface area contributed by atoms with E-state index in [9.17, 15) is 0 Å². The van der Waals surface area contributed by atoms with Crippen molar-refractivity contribution in [3.63, 3.8) is 0 Å². The highest BCUT2D eigenvalue weighted by molar-refractivity contribution is 5.87. The van der Waals surface area contributed by atoms with E-state index < -0.39 is 0 Å². The second-order valence-corrected chi connectivity index (χ2v) is 3.20. The van der Waals surface area contributed by atoms with E-state index >= 15 is 0 Å². The first kappa shape index (κ1) is 10.4. The highest BCUT2D eigenvalue weighted by Gasteiger charge is 2.16. The third-order valence-corrected chi connectivity index (χ3v) is 2.22. The summed E-state index contributed by atoms with van der Waals surface area (Å²) in [5.41, 5.74) is 2.62. The van der Waals surface area contributed by atoms with Crippen molar-refractivity contribution in [3.05, 3.63) is 36.7 Å². The lowest BCUT2D eigenvalue weighted by Gasteiger charge is -1.92. The quantitative estimate of drug-likeness (QED) is 0.658. The molecular weight excluding hydrogens is 204 g/mol. The minimum Gasteiger partial charge on any atom is -0.496 e. The lowest BCUT2D eigenvalue weighted by Crippen LogP contribution is -1.83.